The number of anilines is 2. The first-order chi connectivity index (χ1) is 8.61. The van der Waals surface area contributed by atoms with E-state index in [0.29, 0.717) is 18.9 Å². The first-order valence-corrected chi connectivity index (χ1v) is 6.25. The first-order valence-electron chi connectivity index (χ1n) is 6.25. The molecule has 1 amide bonds. The molecule has 1 aromatic heterocycles. The minimum Gasteiger partial charge on any atom is -0.387 e. The predicted octanol–water partition coefficient (Wildman–Crippen LogP) is 1.70. The Morgan fingerprint density at radius 2 is 2.06 bits per heavy atom. The highest BCUT2D eigenvalue weighted by molar-refractivity contribution is 5.76. The van der Waals surface area contributed by atoms with E-state index in [2.05, 4.69) is 34.8 Å². The SMILES string of the molecule is CNc1cncc(NCCC(=O)NCC(C)C)c1. The maximum atomic E-state index is 11.5. The van der Waals surface area contributed by atoms with E-state index in [9.17, 15) is 4.79 Å². The van der Waals surface area contributed by atoms with Gasteiger partial charge in [0.05, 0.1) is 23.8 Å². The molecule has 0 saturated heterocycles. The fourth-order valence-electron chi connectivity index (χ4n) is 1.40. The lowest BCUT2D eigenvalue weighted by Gasteiger charge is -2.09. The molecule has 5 nitrogen and oxygen atoms in total. The van der Waals surface area contributed by atoms with Crippen molar-refractivity contribution in [1.82, 2.24) is 10.3 Å². The van der Waals surface area contributed by atoms with Gasteiger partial charge in [-0.25, -0.2) is 0 Å². The summed E-state index contributed by atoms with van der Waals surface area (Å²) in [7, 11) is 1.85. The summed E-state index contributed by atoms with van der Waals surface area (Å²) in [6, 6.07) is 1.96. The van der Waals surface area contributed by atoms with Crippen molar-refractivity contribution in [3.8, 4) is 0 Å². The van der Waals surface area contributed by atoms with Crippen LogP contribution in [0.2, 0.25) is 0 Å². The molecule has 0 spiro atoms. The molecule has 0 aromatic carbocycles. The Kier molecular flexibility index (Phi) is 5.97. The van der Waals surface area contributed by atoms with Crippen LogP contribution in [0.3, 0.4) is 0 Å². The second kappa shape index (κ2) is 7.53. The molecule has 0 bridgehead atoms. The molecule has 0 fully saturated rings. The van der Waals surface area contributed by atoms with Crippen molar-refractivity contribution in [2.75, 3.05) is 30.8 Å². The largest absolute Gasteiger partial charge is 0.387 e. The Morgan fingerprint density at radius 1 is 1.33 bits per heavy atom. The number of amides is 1. The second-order valence-electron chi connectivity index (χ2n) is 4.59. The lowest BCUT2D eigenvalue weighted by atomic mass is 10.2. The lowest BCUT2D eigenvalue weighted by Crippen LogP contribution is -2.28. The van der Waals surface area contributed by atoms with E-state index in [-0.39, 0.29) is 5.91 Å². The minimum atomic E-state index is 0.0777. The average Bonchev–Trinajstić information content (AvgIpc) is 2.36. The van der Waals surface area contributed by atoms with Gasteiger partial charge in [0.1, 0.15) is 0 Å². The van der Waals surface area contributed by atoms with Crippen LogP contribution in [0.25, 0.3) is 0 Å². The van der Waals surface area contributed by atoms with E-state index in [1.807, 2.05) is 13.1 Å². The third-order valence-electron chi connectivity index (χ3n) is 2.42. The summed E-state index contributed by atoms with van der Waals surface area (Å²) in [5.74, 6) is 0.562. The molecule has 1 heterocycles. The molecule has 0 aliphatic rings. The minimum absolute atomic E-state index is 0.0777. The van der Waals surface area contributed by atoms with Crippen molar-refractivity contribution >= 4 is 17.3 Å². The monoisotopic (exact) mass is 250 g/mol. The van der Waals surface area contributed by atoms with E-state index in [1.54, 1.807) is 12.4 Å². The van der Waals surface area contributed by atoms with Gasteiger partial charge in [0, 0.05) is 26.6 Å². The average molecular weight is 250 g/mol. The number of carbonyl (C=O) groups is 1. The maximum Gasteiger partial charge on any atom is 0.221 e. The molecule has 0 radical (unpaired) electrons. The number of rotatable bonds is 7. The van der Waals surface area contributed by atoms with E-state index in [0.717, 1.165) is 17.9 Å². The summed E-state index contributed by atoms with van der Waals surface area (Å²) >= 11 is 0. The van der Waals surface area contributed by atoms with Crippen LogP contribution in [-0.2, 0) is 4.79 Å². The third-order valence-corrected chi connectivity index (χ3v) is 2.42. The summed E-state index contributed by atoms with van der Waals surface area (Å²) in [4.78, 5) is 15.6. The molecule has 0 saturated carbocycles. The van der Waals surface area contributed by atoms with E-state index in [4.69, 9.17) is 0 Å². The predicted molar refractivity (Wildman–Crippen MR) is 74.7 cm³/mol. The standard InChI is InChI=1S/C13H22N4O/c1-10(2)7-17-13(18)4-5-16-12-6-11(14-3)8-15-9-12/h6,8-10,14,16H,4-5,7H2,1-3H3,(H,17,18). The highest BCUT2D eigenvalue weighted by Gasteiger charge is 2.02. The molecule has 0 unspecified atom stereocenters. The normalized spacial score (nSPS) is 10.2. The molecule has 100 valence electrons. The zero-order valence-electron chi connectivity index (χ0n) is 11.3. The van der Waals surface area contributed by atoms with Crippen LogP contribution >= 0.6 is 0 Å². The molecule has 3 N–H and O–H groups in total. The van der Waals surface area contributed by atoms with Crippen molar-refractivity contribution in [2.24, 2.45) is 5.92 Å². The smallest absolute Gasteiger partial charge is 0.221 e. The molecule has 18 heavy (non-hydrogen) atoms. The number of nitrogens with one attached hydrogen (secondary N) is 3. The summed E-state index contributed by atoms with van der Waals surface area (Å²) in [6.07, 6.45) is 3.96. The summed E-state index contributed by atoms with van der Waals surface area (Å²) in [5, 5.41) is 9.08. The zero-order valence-corrected chi connectivity index (χ0v) is 11.3. The third kappa shape index (κ3) is 5.52. The molecule has 0 aliphatic heterocycles. The van der Waals surface area contributed by atoms with Crippen molar-refractivity contribution in [3.63, 3.8) is 0 Å². The molecule has 0 aliphatic carbocycles. The highest BCUT2D eigenvalue weighted by Crippen LogP contribution is 2.11. The topological polar surface area (TPSA) is 66.0 Å². The molecule has 5 heteroatoms. The van der Waals surface area contributed by atoms with Crippen LogP contribution in [0.15, 0.2) is 18.5 Å². The van der Waals surface area contributed by atoms with E-state index in [1.165, 1.54) is 0 Å². The molecule has 1 rings (SSSR count). The van der Waals surface area contributed by atoms with Crippen LogP contribution in [-0.4, -0.2) is 31.0 Å². The zero-order chi connectivity index (χ0) is 13.4. The van der Waals surface area contributed by atoms with E-state index < -0.39 is 0 Å². The van der Waals surface area contributed by atoms with Crippen LogP contribution < -0.4 is 16.0 Å². The van der Waals surface area contributed by atoms with Gasteiger partial charge in [0.25, 0.3) is 0 Å². The van der Waals surface area contributed by atoms with Gasteiger partial charge >= 0.3 is 0 Å². The van der Waals surface area contributed by atoms with Crippen LogP contribution in [0.1, 0.15) is 20.3 Å². The number of hydrogen-bond acceptors (Lipinski definition) is 4. The number of hydrogen-bond donors (Lipinski definition) is 3. The van der Waals surface area contributed by atoms with Crippen molar-refractivity contribution in [3.05, 3.63) is 18.5 Å². The van der Waals surface area contributed by atoms with Gasteiger partial charge in [-0.15, -0.1) is 0 Å². The Hall–Kier alpha value is -1.78. The molecule has 0 atom stereocenters. The number of pyridine rings is 1. The van der Waals surface area contributed by atoms with E-state index >= 15 is 0 Å². The number of aromatic nitrogens is 1. The lowest BCUT2D eigenvalue weighted by molar-refractivity contribution is -0.120. The fraction of sp³-hybridized carbons (Fsp3) is 0.538. The Labute approximate surface area is 108 Å². The Morgan fingerprint density at radius 3 is 2.72 bits per heavy atom. The summed E-state index contributed by atoms with van der Waals surface area (Å²) < 4.78 is 0. The molecular weight excluding hydrogens is 228 g/mol. The molecule has 1 aromatic rings. The van der Waals surface area contributed by atoms with Gasteiger partial charge in [0.15, 0.2) is 0 Å². The Balaban J connectivity index is 2.26. The fourth-order valence-corrected chi connectivity index (χ4v) is 1.40. The van der Waals surface area contributed by atoms with Crippen molar-refractivity contribution in [2.45, 2.75) is 20.3 Å². The van der Waals surface area contributed by atoms with Gasteiger partial charge in [-0.05, 0) is 12.0 Å². The van der Waals surface area contributed by atoms with Crippen molar-refractivity contribution in [1.29, 1.82) is 0 Å². The van der Waals surface area contributed by atoms with Crippen molar-refractivity contribution < 1.29 is 4.79 Å². The van der Waals surface area contributed by atoms with Crippen LogP contribution in [0.4, 0.5) is 11.4 Å². The van der Waals surface area contributed by atoms with Crippen LogP contribution in [0.5, 0.6) is 0 Å². The molecular formula is C13H22N4O. The first kappa shape index (κ1) is 14.3. The summed E-state index contributed by atoms with van der Waals surface area (Å²) in [5.41, 5.74) is 1.86. The second-order valence-corrected chi connectivity index (χ2v) is 4.59. The van der Waals surface area contributed by atoms with Gasteiger partial charge in [-0.2, -0.15) is 0 Å². The Bertz CT molecular complexity index is 379. The maximum absolute atomic E-state index is 11.5. The quantitative estimate of drug-likeness (QED) is 0.689. The van der Waals surface area contributed by atoms with Gasteiger partial charge in [-0.1, -0.05) is 13.8 Å². The van der Waals surface area contributed by atoms with Crippen LogP contribution in [0, 0.1) is 5.92 Å². The van der Waals surface area contributed by atoms with Gasteiger partial charge < -0.3 is 16.0 Å². The van der Waals surface area contributed by atoms with Gasteiger partial charge in [-0.3, -0.25) is 9.78 Å². The number of carbonyl (C=O) groups excluding carboxylic acids is 1. The number of nitrogens with zero attached hydrogens (tertiary/aromatic N) is 1. The van der Waals surface area contributed by atoms with Gasteiger partial charge in [0.2, 0.25) is 5.91 Å². The summed E-state index contributed by atoms with van der Waals surface area (Å²) in [6.45, 7) is 5.50. The highest BCUT2D eigenvalue weighted by atomic mass is 16.1.